The molecule has 5 nitrogen and oxygen atoms in total. The van der Waals surface area contributed by atoms with Gasteiger partial charge >= 0.3 is 0 Å². The molecule has 0 aliphatic carbocycles. The zero-order chi connectivity index (χ0) is 23.2. The van der Waals surface area contributed by atoms with Gasteiger partial charge in [0, 0.05) is 5.02 Å². The van der Waals surface area contributed by atoms with Gasteiger partial charge in [-0.3, -0.25) is 14.5 Å². The van der Waals surface area contributed by atoms with Gasteiger partial charge in [0.15, 0.2) is 11.5 Å². The van der Waals surface area contributed by atoms with Crippen LogP contribution in [0.2, 0.25) is 5.02 Å². The average molecular weight is 482 g/mol. The highest BCUT2D eigenvalue weighted by Gasteiger charge is 2.39. The van der Waals surface area contributed by atoms with Gasteiger partial charge in [-0.2, -0.15) is 0 Å². The molecule has 0 aromatic heterocycles. The molecule has 1 heterocycles. The van der Waals surface area contributed by atoms with Crippen molar-refractivity contribution in [1.82, 2.24) is 4.90 Å². The molecule has 0 N–H and O–H groups in total. The van der Waals surface area contributed by atoms with Gasteiger partial charge < -0.3 is 9.47 Å². The van der Waals surface area contributed by atoms with E-state index in [2.05, 4.69) is 0 Å². The lowest BCUT2D eigenvalue weighted by Gasteiger charge is -2.15. The summed E-state index contributed by atoms with van der Waals surface area (Å²) in [6, 6.07) is 22.7. The van der Waals surface area contributed by atoms with Gasteiger partial charge in [0.05, 0.1) is 18.4 Å². The number of hydrogen-bond donors (Lipinski definition) is 0. The molecule has 0 saturated carbocycles. The van der Waals surface area contributed by atoms with Crippen molar-refractivity contribution in [2.45, 2.75) is 31.7 Å². The maximum Gasteiger partial charge on any atom is 0.289 e. The molecule has 1 atom stereocenters. The van der Waals surface area contributed by atoms with Gasteiger partial charge in [-0.25, -0.2) is 0 Å². The molecule has 0 bridgehead atoms. The van der Waals surface area contributed by atoms with E-state index >= 15 is 0 Å². The Labute approximate surface area is 202 Å². The maximum absolute atomic E-state index is 12.9. The minimum Gasteiger partial charge on any atom is -0.490 e. The fraction of sp³-hybridized carbons (Fsp3) is 0.231. The number of thioether (sulfide) groups is 1. The van der Waals surface area contributed by atoms with Crippen molar-refractivity contribution >= 4 is 34.5 Å². The number of ether oxygens (including phenoxy) is 2. The minimum absolute atomic E-state index is 0.178. The van der Waals surface area contributed by atoms with Crippen LogP contribution in [0.15, 0.2) is 72.8 Å². The lowest BCUT2D eigenvalue weighted by atomic mass is 10.1. The summed E-state index contributed by atoms with van der Waals surface area (Å²) in [6.07, 6.45) is 0.436. The third-order valence-electron chi connectivity index (χ3n) is 5.23. The van der Waals surface area contributed by atoms with Crippen LogP contribution < -0.4 is 9.47 Å². The van der Waals surface area contributed by atoms with Crippen molar-refractivity contribution in [2.75, 3.05) is 6.61 Å². The molecular formula is C26H24ClNO4S. The average Bonchev–Trinajstić information content (AvgIpc) is 3.08. The van der Waals surface area contributed by atoms with Crippen molar-refractivity contribution in [3.05, 3.63) is 94.5 Å². The molecule has 4 rings (SSSR count). The van der Waals surface area contributed by atoms with Crippen LogP contribution in [0.1, 0.15) is 23.6 Å². The Balaban J connectivity index is 1.43. The SMILES string of the molecule is CCOc1cc(C[C@@H]2SC(=O)N(Cc3ccc(Cl)cc3)C2=O)ccc1OCc1ccccc1. The van der Waals surface area contributed by atoms with Gasteiger partial charge in [0.25, 0.3) is 5.24 Å². The van der Waals surface area contributed by atoms with E-state index in [0.29, 0.717) is 36.2 Å². The minimum atomic E-state index is -0.463. The Morgan fingerprint density at radius 1 is 0.879 bits per heavy atom. The molecule has 0 unspecified atom stereocenters. The summed E-state index contributed by atoms with van der Waals surface area (Å²) in [5.41, 5.74) is 2.84. The number of rotatable bonds is 9. The van der Waals surface area contributed by atoms with Crippen molar-refractivity contribution in [1.29, 1.82) is 0 Å². The van der Waals surface area contributed by atoms with Gasteiger partial charge in [0.2, 0.25) is 5.91 Å². The highest BCUT2D eigenvalue weighted by molar-refractivity contribution is 8.15. The summed E-state index contributed by atoms with van der Waals surface area (Å²) in [6.45, 7) is 3.09. The lowest BCUT2D eigenvalue weighted by molar-refractivity contribution is -0.127. The fourth-order valence-electron chi connectivity index (χ4n) is 3.56. The predicted molar refractivity (Wildman–Crippen MR) is 131 cm³/mol. The summed E-state index contributed by atoms with van der Waals surface area (Å²) in [4.78, 5) is 26.7. The van der Waals surface area contributed by atoms with Crippen LogP contribution in [0.25, 0.3) is 0 Å². The number of imide groups is 1. The number of carbonyl (C=O) groups is 2. The van der Waals surface area contributed by atoms with Crippen LogP contribution in [0.4, 0.5) is 4.79 Å². The molecule has 0 radical (unpaired) electrons. The molecule has 1 aliphatic heterocycles. The van der Waals surface area contributed by atoms with Crippen molar-refractivity contribution < 1.29 is 19.1 Å². The molecule has 3 aromatic rings. The molecule has 1 aliphatic rings. The van der Waals surface area contributed by atoms with Gasteiger partial charge in [0.1, 0.15) is 6.61 Å². The monoisotopic (exact) mass is 481 g/mol. The Bertz CT molecular complexity index is 1120. The fourth-order valence-corrected chi connectivity index (χ4v) is 4.71. The first kappa shape index (κ1) is 23.2. The first-order valence-electron chi connectivity index (χ1n) is 10.7. The standard InChI is InChI=1S/C26H24ClNO4S/c1-2-31-23-14-20(10-13-22(23)32-17-19-6-4-3-5-7-19)15-24-25(29)28(26(30)33-24)16-18-8-11-21(27)12-9-18/h3-14,24H,2,15-17H2,1H3/t24-/m0/s1. The van der Waals surface area contributed by atoms with E-state index < -0.39 is 5.25 Å². The van der Waals surface area contributed by atoms with Crippen LogP contribution in [0.5, 0.6) is 11.5 Å². The van der Waals surface area contributed by atoms with Crippen molar-refractivity contribution in [3.63, 3.8) is 0 Å². The second kappa shape index (κ2) is 10.8. The lowest BCUT2D eigenvalue weighted by Crippen LogP contribution is -2.31. The van der Waals surface area contributed by atoms with Crippen LogP contribution in [-0.2, 0) is 24.4 Å². The summed E-state index contributed by atoms with van der Waals surface area (Å²) < 4.78 is 11.7. The summed E-state index contributed by atoms with van der Waals surface area (Å²) >= 11 is 6.99. The molecule has 3 aromatic carbocycles. The summed E-state index contributed by atoms with van der Waals surface area (Å²) in [5, 5.41) is -0.0745. The number of halogens is 1. The normalized spacial score (nSPS) is 15.7. The Kier molecular flexibility index (Phi) is 7.57. The second-order valence-corrected chi connectivity index (χ2v) is 9.21. The Morgan fingerprint density at radius 3 is 2.33 bits per heavy atom. The van der Waals surface area contributed by atoms with E-state index in [1.54, 1.807) is 12.1 Å². The highest BCUT2D eigenvalue weighted by Crippen LogP contribution is 2.34. The smallest absolute Gasteiger partial charge is 0.289 e. The number of nitrogens with zero attached hydrogens (tertiary/aromatic N) is 1. The summed E-state index contributed by atoms with van der Waals surface area (Å²) in [5.74, 6) is 1.10. The van der Waals surface area contributed by atoms with Crippen LogP contribution >= 0.6 is 23.4 Å². The van der Waals surface area contributed by atoms with E-state index in [0.717, 1.165) is 28.5 Å². The van der Waals surface area contributed by atoms with Gasteiger partial charge in [-0.1, -0.05) is 71.9 Å². The maximum atomic E-state index is 12.9. The number of benzene rings is 3. The van der Waals surface area contributed by atoms with Gasteiger partial charge in [-0.15, -0.1) is 0 Å². The van der Waals surface area contributed by atoms with Crippen LogP contribution in [0.3, 0.4) is 0 Å². The quantitative estimate of drug-likeness (QED) is 0.368. The Morgan fingerprint density at radius 2 is 1.61 bits per heavy atom. The number of hydrogen-bond acceptors (Lipinski definition) is 5. The first-order valence-corrected chi connectivity index (χ1v) is 12.0. The molecule has 1 saturated heterocycles. The zero-order valence-corrected chi connectivity index (χ0v) is 19.8. The molecule has 0 spiro atoms. The van der Waals surface area contributed by atoms with Crippen LogP contribution in [0, 0.1) is 0 Å². The number of carbonyl (C=O) groups excluding carboxylic acids is 2. The highest BCUT2D eigenvalue weighted by atomic mass is 35.5. The summed E-state index contributed by atoms with van der Waals surface area (Å²) in [7, 11) is 0. The van der Waals surface area contributed by atoms with E-state index in [1.165, 1.54) is 4.90 Å². The predicted octanol–water partition coefficient (Wildman–Crippen LogP) is 6.12. The zero-order valence-electron chi connectivity index (χ0n) is 18.2. The molecule has 7 heteroatoms. The molecule has 33 heavy (non-hydrogen) atoms. The van der Waals surface area contributed by atoms with Crippen molar-refractivity contribution in [2.24, 2.45) is 0 Å². The van der Waals surface area contributed by atoms with Gasteiger partial charge in [-0.05, 0) is 54.3 Å². The third-order valence-corrected chi connectivity index (χ3v) is 6.55. The Hall–Kier alpha value is -2.96. The van der Waals surface area contributed by atoms with E-state index in [4.69, 9.17) is 21.1 Å². The molecular weight excluding hydrogens is 458 g/mol. The molecule has 1 fully saturated rings. The largest absolute Gasteiger partial charge is 0.490 e. The van der Waals surface area contributed by atoms with E-state index in [-0.39, 0.29) is 17.7 Å². The molecule has 2 amide bonds. The number of amides is 2. The first-order chi connectivity index (χ1) is 16.0. The van der Waals surface area contributed by atoms with Crippen LogP contribution in [-0.4, -0.2) is 27.9 Å². The third kappa shape index (κ3) is 5.89. The molecule has 170 valence electrons. The van der Waals surface area contributed by atoms with E-state index in [1.807, 2.05) is 67.6 Å². The second-order valence-electron chi connectivity index (χ2n) is 7.62. The van der Waals surface area contributed by atoms with E-state index in [9.17, 15) is 9.59 Å². The topological polar surface area (TPSA) is 55.8 Å². The van der Waals surface area contributed by atoms with Crippen molar-refractivity contribution in [3.8, 4) is 11.5 Å².